The lowest BCUT2D eigenvalue weighted by atomic mass is 10.1. The van der Waals surface area contributed by atoms with Crippen molar-refractivity contribution in [1.82, 2.24) is 20.4 Å². The molecule has 1 fully saturated rings. The van der Waals surface area contributed by atoms with E-state index in [-0.39, 0.29) is 11.8 Å². The highest BCUT2D eigenvalue weighted by atomic mass is 32.1. The average Bonchev–Trinajstić information content (AvgIpc) is 3.48. The van der Waals surface area contributed by atoms with Gasteiger partial charge in [-0.2, -0.15) is 0 Å². The fraction of sp³-hybridized carbons (Fsp3) is 0.308. The number of nitrogens with zero attached hydrogens (tertiary/aromatic N) is 6. The zero-order chi connectivity index (χ0) is 26.3. The second-order valence-corrected chi connectivity index (χ2v) is 10.9. The fourth-order valence-corrected chi connectivity index (χ4v) is 5.83. The zero-order valence-corrected chi connectivity index (χ0v) is 22.6. The topological polar surface area (TPSA) is 116 Å². The van der Waals surface area contributed by atoms with Gasteiger partial charge in [0.1, 0.15) is 0 Å². The van der Waals surface area contributed by atoms with Crippen LogP contribution in [-0.2, 0) is 22.4 Å². The summed E-state index contributed by atoms with van der Waals surface area (Å²) in [6, 6.07) is 17.5. The Balaban J connectivity index is 1.12. The van der Waals surface area contributed by atoms with Gasteiger partial charge in [0.25, 0.3) is 0 Å². The van der Waals surface area contributed by atoms with Crippen molar-refractivity contribution in [2.24, 2.45) is 0 Å². The molecule has 2 amide bonds. The summed E-state index contributed by atoms with van der Waals surface area (Å²) < 4.78 is 0. The van der Waals surface area contributed by atoms with Crippen LogP contribution in [0.1, 0.15) is 23.1 Å². The van der Waals surface area contributed by atoms with Gasteiger partial charge < -0.3 is 20.4 Å². The number of anilines is 4. The Morgan fingerprint density at radius 2 is 1.29 bits per heavy atom. The Morgan fingerprint density at radius 1 is 0.737 bits per heavy atom. The molecule has 0 radical (unpaired) electrons. The molecule has 2 aromatic carbocycles. The van der Waals surface area contributed by atoms with Gasteiger partial charge >= 0.3 is 0 Å². The van der Waals surface area contributed by atoms with E-state index in [9.17, 15) is 9.59 Å². The summed E-state index contributed by atoms with van der Waals surface area (Å²) in [6.45, 7) is 5.13. The van der Waals surface area contributed by atoms with Crippen molar-refractivity contribution in [2.45, 2.75) is 26.2 Å². The highest BCUT2D eigenvalue weighted by Crippen LogP contribution is 2.28. The Morgan fingerprint density at radius 3 is 1.87 bits per heavy atom. The largest absolute Gasteiger partial charge is 0.345 e. The van der Waals surface area contributed by atoms with Crippen LogP contribution in [0.2, 0.25) is 0 Å². The van der Waals surface area contributed by atoms with Gasteiger partial charge in [-0.25, -0.2) is 0 Å². The number of amides is 2. The van der Waals surface area contributed by atoms with Crippen molar-refractivity contribution in [2.75, 3.05) is 46.6 Å². The molecule has 3 heterocycles. The Bertz CT molecular complexity index is 1390. The van der Waals surface area contributed by atoms with Crippen molar-refractivity contribution in [1.29, 1.82) is 0 Å². The van der Waals surface area contributed by atoms with E-state index in [2.05, 4.69) is 40.8 Å². The van der Waals surface area contributed by atoms with Gasteiger partial charge in [-0.05, 0) is 24.5 Å². The molecular weight excluding hydrogens is 520 g/mol. The second-order valence-electron chi connectivity index (χ2n) is 9.03. The lowest BCUT2D eigenvalue weighted by Gasteiger charge is -2.20. The molecule has 0 saturated carbocycles. The van der Waals surface area contributed by atoms with Gasteiger partial charge in [0.15, 0.2) is 0 Å². The van der Waals surface area contributed by atoms with Crippen molar-refractivity contribution in [3.05, 3.63) is 71.3 Å². The first-order valence-corrected chi connectivity index (χ1v) is 14.0. The van der Waals surface area contributed by atoms with Crippen LogP contribution in [0.5, 0.6) is 0 Å². The first kappa shape index (κ1) is 25.7. The average molecular weight is 549 g/mol. The smallest absolute Gasteiger partial charge is 0.230 e. The second kappa shape index (κ2) is 12.1. The molecule has 0 bridgehead atoms. The van der Waals surface area contributed by atoms with Crippen molar-refractivity contribution < 1.29 is 9.59 Å². The monoisotopic (exact) mass is 548 g/mol. The predicted molar refractivity (Wildman–Crippen MR) is 151 cm³/mol. The number of hydrogen-bond donors (Lipinski definition) is 2. The normalized spacial score (nSPS) is 13.7. The molecule has 38 heavy (non-hydrogen) atoms. The SMILES string of the molecule is Cc1cccc(CC(=O)Nc2nnc(N3CCCN(c4nnc(NC(=O)Cc5ccccc5)s4)CC3)s2)c1. The van der Waals surface area contributed by atoms with Crippen LogP contribution in [0.25, 0.3) is 0 Å². The molecule has 196 valence electrons. The molecular formula is C26H28N8O2S2. The summed E-state index contributed by atoms with van der Waals surface area (Å²) in [6.07, 6.45) is 1.50. The highest BCUT2D eigenvalue weighted by Gasteiger charge is 2.21. The van der Waals surface area contributed by atoms with E-state index in [4.69, 9.17) is 0 Å². The standard InChI is InChI=1S/C26H28N8O2S2/c1-18-7-5-10-20(15-18)17-22(36)28-24-30-32-26(38-24)34-12-6-11-33(13-14-34)25-31-29-23(37-25)27-21(35)16-19-8-3-2-4-9-19/h2-5,7-10,15H,6,11-14,16-17H2,1H3,(H,27,29,35)(H,28,30,36). The molecule has 2 N–H and O–H groups in total. The first-order valence-electron chi connectivity index (χ1n) is 12.4. The van der Waals surface area contributed by atoms with Gasteiger partial charge in [0, 0.05) is 26.2 Å². The van der Waals surface area contributed by atoms with Gasteiger partial charge in [-0.1, -0.05) is 82.8 Å². The molecule has 5 rings (SSSR count). The van der Waals surface area contributed by atoms with E-state index in [1.165, 1.54) is 22.7 Å². The summed E-state index contributed by atoms with van der Waals surface area (Å²) in [4.78, 5) is 29.2. The molecule has 2 aromatic heterocycles. The fourth-order valence-electron chi connectivity index (χ4n) is 4.20. The molecule has 4 aromatic rings. The predicted octanol–water partition coefficient (Wildman–Crippen LogP) is 3.78. The molecule has 10 nitrogen and oxygen atoms in total. The zero-order valence-electron chi connectivity index (χ0n) is 21.0. The molecule has 1 saturated heterocycles. The van der Waals surface area contributed by atoms with Gasteiger partial charge in [-0.3, -0.25) is 9.59 Å². The third-order valence-corrected chi connectivity index (χ3v) is 7.81. The number of benzene rings is 2. The lowest BCUT2D eigenvalue weighted by Crippen LogP contribution is -2.30. The Hall–Kier alpha value is -3.90. The quantitative estimate of drug-likeness (QED) is 0.342. The summed E-state index contributed by atoms with van der Waals surface area (Å²) in [7, 11) is 0. The molecule has 0 unspecified atom stereocenters. The van der Waals surface area contributed by atoms with Crippen LogP contribution >= 0.6 is 22.7 Å². The molecule has 12 heteroatoms. The molecule has 0 spiro atoms. The number of carbonyl (C=O) groups excluding carboxylic acids is 2. The third-order valence-electron chi connectivity index (χ3n) is 6.01. The van der Waals surface area contributed by atoms with Crippen LogP contribution in [-0.4, -0.2) is 58.4 Å². The van der Waals surface area contributed by atoms with Crippen molar-refractivity contribution in [3.8, 4) is 0 Å². The van der Waals surface area contributed by atoms with Crippen LogP contribution in [0.4, 0.5) is 20.5 Å². The van der Waals surface area contributed by atoms with Crippen molar-refractivity contribution in [3.63, 3.8) is 0 Å². The lowest BCUT2D eigenvalue weighted by molar-refractivity contribution is -0.116. The van der Waals surface area contributed by atoms with Crippen LogP contribution < -0.4 is 20.4 Å². The first-order chi connectivity index (χ1) is 18.5. The van der Waals surface area contributed by atoms with Gasteiger partial charge in [0.2, 0.25) is 32.3 Å². The molecule has 0 aliphatic carbocycles. The Labute approximate surface area is 228 Å². The maximum Gasteiger partial charge on any atom is 0.230 e. The van der Waals surface area contributed by atoms with E-state index < -0.39 is 0 Å². The minimum absolute atomic E-state index is 0.108. The van der Waals surface area contributed by atoms with Crippen LogP contribution in [0.15, 0.2) is 54.6 Å². The maximum absolute atomic E-state index is 12.5. The number of rotatable bonds is 8. The third kappa shape index (κ3) is 6.90. The molecule has 1 aliphatic rings. The minimum Gasteiger partial charge on any atom is -0.345 e. The van der Waals surface area contributed by atoms with E-state index in [0.717, 1.165) is 59.6 Å². The molecule has 1 aliphatic heterocycles. The summed E-state index contributed by atoms with van der Waals surface area (Å²) in [5.41, 5.74) is 3.05. The number of hydrogen-bond acceptors (Lipinski definition) is 10. The highest BCUT2D eigenvalue weighted by molar-refractivity contribution is 7.19. The summed E-state index contributed by atoms with van der Waals surface area (Å²) in [5, 5.41) is 25.2. The Kier molecular flexibility index (Phi) is 8.19. The summed E-state index contributed by atoms with van der Waals surface area (Å²) >= 11 is 2.76. The number of aromatic nitrogens is 4. The number of nitrogens with one attached hydrogen (secondary N) is 2. The minimum atomic E-state index is -0.112. The van der Waals surface area contributed by atoms with Crippen LogP contribution in [0.3, 0.4) is 0 Å². The van der Waals surface area contributed by atoms with Gasteiger partial charge in [0.05, 0.1) is 12.8 Å². The summed E-state index contributed by atoms with van der Waals surface area (Å²) in [5.74, 6) is -0.220. The van der Waals surface area contributed by atoms with Crippen LogP contribution in [0, 0.1) is 6.92 Å². The van der Waals surface area contributed by atoms with Crippen molar-refractivity contribution >= 4 is 55.0 Å². The van der Waals surface area contributed by atoms with E-state index in [0.29, 0.717) is 23.1 Å². The molecule has 0 atom stereocenters. The van der Waals surface area contributed by atoms with E-state index in [1.54, 1.807) is 0 Å². The maximum atomic E-state index is 12.5. The van der Waals surface area contributed by atoms with Gasteiger partial charge in [-0.15, -0.1) is 20.4 Å². The van der Waals surface area contributed by atoms with E-state index >= 15 is 0 Å². The number of carbonyl (C=O) groups is 2. The van der Waals surface area contributed by atoms with E-state index in [1.807, 2.05) is 61.5 Å². The number of aryl methyl sites for hydroxylation is 1.